The van der Waals surface area contributed by atoms with E-state index >= 15 is 0 Å². The van der Waals surface area contributed by atoms with Crippen molar-refractivity contribution in [2.24, 2.45) is 4.99 Å². The van der Waals surface area contributed by atoms with Gasteiger partial charge in [0.2, 0.25) is 0 Å². The molecule has 1 fully saturated rings. The fraction of sp³-hybridized carbons (Fsp3) is 0.111. The Bertz CT molecular complexity index is 880. The molecule has 0 aromatic heterocycles. The molecule has 1 saturated heterocycles. The van der Waals surface area contributed by atoms with Gasteiger partial charge in [-0.25, -0.2) is 10.0 Å². The van der Waals surface area contributed by atoms with E-state index in [1.54, 1.807) is 0 Å². The zero-order valence-electron chi connectivity index (χ0n) is 13.5. The quantitative estimate of drug-likeness (QED) is 0.677. The summed E-state index contributed by atoms with van der Waals surface area (Å²) in [5.74, 6) is 0.166. The van der Waals surface area contributed by atoms with Crippen molar-refractivity contribution in [3.8, 4) is 0 Å². The number of benzene rings is 2. The van der Waals surface area contributed by atoms with Gasteiger partial charge in [0.15, 0.2) is 5.84 Å². The Labute approximate surface area is 160 Å². The molecule has 0 radical (unpaired) electrons. The van der Waals surface area contributed by atoms with Gasteiger partial charge in [-0.3, -0.25) is 10.2 Å². The molecule has 0 aliphatic carbocycles. The van der Waals surface area contributed by atoms with E-state index in [0.29, 0.717) is 22.1 Å². The molecule has 0 unspecified atom stereocenters. The first kappa shape index (κ1) is 17.8. The highest BCUT2D eigenvalue weighted by Crippen LogP contribution is 2.38. The molecule has 0 spiro atoms. The lowest BCUT2D eigenvalue weighted by Gasteiger charge is -2.18. The number of anilines is 1. The van der Waals surface area contributed by atoms with E-state index in [1.165, 1.54) is 17.1 Å². The number of hydrogen-bond donors (Lipinski definition) is 1. The summed E-state index contributed by atoms with van der Waals surface area (Å²) >= 11 is 18.5. The molecule has 0 saturated carbocycles. The SMILES string of the molecule is CC(C)=C1C(=O)N(c2c(Cl)cc(Cl)cc2Cl)NC1=Nc1ccccc1. The van der Waals surface area contributed by atoms with Gasteiger partial charge in [-0.15, -0.1) is 0 Å². The fourth-order valence-electron chi connectivity index (χ4n) is 2.49. The van der Waals surface area contributed by atoms with Crippen LogP contribution in [0, 0.1) is 0 Å². The first-order valence-electron chi connectivity index (χ1n) is 7.45. The minimum Gasteiger partial charge on any atom is -0.273 e. The molecule has 25 heavy (non-hydrogen) atoms. The van der Waals surface area contributed by atoms with E-state index in [0.717, 1.165) is 11.3 Å². The Balaban J connectivity index is 2.10. The van der Waals surface area contributed by atoms with E-state index in [4.69, 9.17) is 34.8 Å². The number of allylic oxidation sites excluding steroid dienone is 1. The van der Waals surface area contributed by atoms with Crippen molar-refractivity contribution in [2.45, 2.75) is 13.8 Å². The van der Waals surface area contributed by atoms with E-state index in [2.05, 4.69) is 10.4 Å². The van der Waals surface area contributed by atoms with Crippen molar-refractivity contribution in [1.29, 1.82) is 0 Å². The number of carbonyl (C=O) groups is 1. The number of para-hydroxylation sites is 1. The molecule has 0 atom stereocenters. The molecule has 2 aromatic rings. The number of rotatable bonds is 2. The number of amidine groups is 1. The molecule has 0 bridgehead atoms. The van der Waals surface area contributed by atoms with Crippen LogP contribution in [0.4, 0.5) is 11.4 Å². The van der Waals surface area contributed by atoms with Crippen LogP contribution in [-0.4, -0.2) is 11.7 Å². The maximum absolute atomic E-state index is 12.9. The smallest absolute Gasteiger partial charge is 0.273 e. The van der Waals surface area contributed by atoms with Crippen LogP contribution in [-0.2, 0) is 4.79 Å². The van der Waals surface area contributed by atoms with Gasteiger partial charge in [-0.2, -0.15) is 0 Å². The zero-order chi connectivity index (χ0) is 18.1. The molecular weight excluding hydrogens is 381 g/mol. The number of nitrogens with zero attached hydrogens (tertiary/aromatic N) is 2. The number of halogens is 3. The molecule has 4 nitrogen and oxygen atoms in total. The minimum atomic E-state index is -0.277. The summed E-state index contributed by atoms with van der Waals surface area (Å²) in [6.45, 7) is 3.70. The summed E-state index contributed by atoms with van der Waals surface area (Å²) in [6.07, 6.45) is 0. The van der Waals surface area contributed by atoms with Crippen LogP contribution in [0.15, 0.2) is 58.6 Å². The maximum atomic E-state index is 12.9. The van der Waals surface area contributed by atoms with Gasteiger partial charge in [0.05, 0.1) is 21.3 Å². The van der Waals surface area contributed by atoms with Gasteiger partial charge in [0, 0.05) is 5.02 Å². The highest BCUT2D eigenvalue weighted by Gasteiger charge is 2.36. The standard InChI is InChI=1S/C18H14Cl3N3O/c1-10(2)15-17(22-12-6-4-3-5-7-12)23-24(18(15)25)16-13(20)8-11(19)9-14(16)21/h3-9H,1-2H3,(H,22,23). The van der Waals surface area contributed by atoms with Gasteiger partial charge in [0.25, 0.3) is 5.91 Å². The van der Waals surface area contributed by atoms with Crippen molar-refractivity contribution in [1.82, 2.24) is 5.43 Å². The van der Waals surface area contributed by atoms with Crippen LogP contribution in [0.1, 0.15) is 13.8 Å². The Morgan fingerprint density at radius 3 is 2.20 bits per heavy atom. The van der Waals surface area contributed by atoms with Crippen LogP contribution in [0.3, 0.4) is 0 Å². The van der Waals surface area contributed by atoms with Crippen molar-refractivity contribution in [3.63, 3.8) is 0 Å². The second kappa shape index (κ2) is 7.08. The third-order valence-corrected chi connectivity index (χ3v) is 4.37. The largest absolute Gasteiger partial charge is 0.280 e. The summed E-state index contributed by atoms with van der Waals surface area (Å²) in [7, 11) is 0. The Morgan fingerprint density at radius 1 is 1.04 bits per heavy atom. The average molecular weight is 395 g/mol. The van der Waals surface area contributed by atoms with Crippen molar-refractivity contribution < 1.29 is 4.79 Å². The number of amides is 1. The Morgan fingerprint density at radius 2 is 1.64 bits per heavy atom. The second-order valence-corrected chi connectivity index (χ2v) is 6.89. The number of nitrogens with one attached hydrogen (secondary N) is 1. The molecule has 7 heteroatoms. The fourth-order valence-corrected chi connectivity index (χ4v) is 3.48. The van der Waals surface area contributed by atoms with E-state index < -0.39 is 0 Å². The zero-order valence-corrected chi connectivity index (χ0v) is 15.7. The lowest BCUT2D eigenvalue weighted by atomic mass is 10.1. The maximum Gasteiger partial charge on any atom is 0.280 e. The monoisotopic (exact) mass is 393 g/mol. The summed E-state index contributed by atoms with van der Waals surface area (Å²) in [4.78, 5) is 17.4. The predicted octanol–water partition coefficient (Wildman–Crippen LogP) is 5.56. The molecule has 1 amide bonds. The lowest BCUT2D eigenvalue weighted by Crippen LogP contribution is -2.36. The highest BCUT2D eigenvalue weighted by atomic mass is 35.5. The molecule has 128 valence electrons. The normalized spacial score (nSPS) is 15.7. The highest BCUT2D eigenvalue weighted by molar-refractivity contribution is 6.44. The Kier molecular flexibility index (Phi) is 5.04. The van der Waals surface area contributed by atoms with Gasteiger partial charge >= 0.3 is 0 Å². The third-order valence-electron chi connectivity index (χ3n) is 3.57. The molecule has 1 aliphatic rings. The van der Waals surface area contributed by atoms with Gasteiger partial charge < -0.3 is 0 Å². The molecule has 3 rings (SSSR count). The predicted molar refractivity (Wildman–Crippen MR) is 104 cm³/mol. The Hall–Kier alpha value is -2.01. The first-order chi connectivity index (χ1) is 11.9. The first-order valence-corrected chi connectivity index (χ1v) is 8.59. The van der Waals surface area contributed by atoms with Crippen LogP contribution in [0.5, 0.6) is 0 Å². The van der Waals surface area contributed by atoms with E-state index in [9.17, 15) is 4.79 Å². The lowest BCUT2D eigenvalue weighted by molar-refractivity contribution is -0.114. The molecule has 1 aliphatic heterocycles. The summed E-state index contributed by atoms with van der Waals surface area (Å²) in [6, 6.07) is 12.4. The van der Waals surface area contributed by atoms with Crippen molar-refractivity contribution >= 4 is 57.9 Å². The van der Waals surface area contributed by atoms with E-state index in [-0.39, 0.29) is 16.0 Å². The second-order valence-electron chi connectivity index (χ2n) is 5.64. The molecule has 2 aromatic carbocycles. The minimum absolute atomic E-state index is 0.271. The summed E-state index contributed by atoms with van der Waals surface area (Å²) in [5, 5.41) is 2.23. The summed E-state index contributed by atoms with van der Waals surface area (Å²) < 4.78 is 0. The van der Waals surface area contributed by atoms with Crippen molar-refractivity contribution in [3.05, 3.63) is 68.7 Å². The number of hydrogen-bond acceptors (Lipinski definition) is 2. The molecule has 1 heterocycles. The molecule has 1 N–H and O–H groups in total. The number of hydrazine groups is 1. The molecular formula is C18H14Cl3N3O. The van der Waals surface area contributed by atoms with Crippen LogP contribution in [0.2, 0.25) is 15.1 Å². The van der Waals surface area contributed by atoms with Gasteiger partial charge in [-0.05, 0) is 38.1 Å². The number of aliphatic imine (C=N–C) groups is 1. The van der Waals surface area contributed by atoms with Gasteiger partial charge in [-0.1, -0.05) is 58.6 Å². The van der Waals surface area contributed by atoms with Crippen LogP contribution < -0.4 is 10.4 Å². The van der Waals surface area contributed by atoms with Crippen LogP contribution in [0.25, 0.3) is 0 Å². The summed E-state index contributed by atoms with van der Waals surface area (Å²) in [5.41, 5.74) is 5.38. The number of carbonyl (C=O) groups excluding carboxylic acids is 1. The topological polar surface area (TPSA) is 44.7 Å². The third kappa shape index (κ3) is 3.52. The van der Waals surface area contributed by atoms with Crippen molar-refractivity contribution in [2.75, 3.05) is 5.01 Å². The average Bonchev–Trinajstić information content (AvgIpc) is 2.83. The van der Waals surface area contributed by atoms with Crippen LogP contribution >= 0.6 is 34.8 Å². The van der Waals surface area contributed by atoms with Gasteiger partial charge in [0.1, 0.15) is 5.69 Å². The van der Waals surface area contributed by atoms with E-state index in [1.807, 2.05) is 44.2 Å².